The maximum absolute atomic E-state index is 12.3. The Kier molecular flexibility index (Phi) is 36.1. The zero-order valence-electron chi connectivity index (χ0n) is 24.0. The number of aryl methyl sites for hydroxylation is 1. The van der Waals surface area contributed by atoms with Gasteiger partial charge < -0.3 is 19.3 Å². The van der Waals surface area contributed by atoms with E-state index in [4.69, 9.17) is 9.84 Å². The summed E-state index contributed by atoms with van der Waals surface area (Å²) in [5.41, 5.74) is -2.75. The maximum atomic E-state index is 12.3. The first kappa shape index (κ1) is 49.7. The van der Waals surface area contributed by atoms with Crippen molar-refractivity contribution in [3.8, 4) is 11.5 Å². The van der Waals surface area contributed by atoms with Crippen molar-refractivity contribution in [1.29, 1.82) is 0 Å². The Morgan fingerprint density at radius 1 is 0.929 bits per heavy atom. The van der Waals surface area contributed by atoms with Crippen molar-refractivity contribution in [2.45, 2.75) is 57.4 Å². The van der Waals surface area contributed by atoms with E-state index in [2.05, 4.69) is 46.7 Å². The van der Waals surface area contributed by atoms with Gasteiger partial charge in [0.25, 0.3) is 0 Å². The van der Waals surface area contributed by atoms with E-state index < -0.39 is 11.7 Å². The van der Waals surface area contributed by atoms with Gasteiger partial charge in [-0.15, -0.1) is 24.0 Å². The average Bonchev–Trinajstić information content (AvgIpc) is 2.88. The van der Waals surface area contributed by atoms with E-state index in [1.807, 2.05) is 6.92 Å². The molecule has 0 saturated heterocycles. The summed E-state index contributed by atoms with van der Waals surface area (Å²) >= 11 is 5.12. The van der Waals surface area contributed by atoms with Crippen LogP contribution in [-0.4, -0.2) is 43.6 Å². The molecule has 0 aliphatic carbocycles. The van der Waals surface area contributed by atoms with Gasteiger partial charge in [0.05, 0.1) is 19.6 Å². The summed E-state index contributed by atoms with van der Waals surface area (Å²) in [5, 5.41) is 8.25. The second-order valence-corrected chi connectivity index (χ2v) is 24.6. The predicted molar refractivity (Wildman–Crippen MR) is 176 cm³/mol. The molecular formula is C26H33F3I4NaO7S-. The van der Waals surface area contributed by atoms with E-state index in [9.17, 15) is 27.6 Å². The van der Waals surface area contributed by atoms with E-state index in [0.29, 0.717) is 44.4 Å². The van der Waals surface area contributed by atoms with Crippen LogP contribution in [0.25, 0.3) is 0 Å². The van der Waals surface area contributed by atoms with E-state index in [1.54, 1.807) is 39.0 Å². The molecule has 0 aliphatic rings. The Balaban J connectivity index is -0.000000408. The number of benzene rings is 2. The van der Waals surface area contributed by atoms with Gasteiger partial charge in [-0.3, -0.25) is 9.59 Å². The largest absolute Gasteiger partial charge is 1.00 e. The minimum Gasteiger partial charge on any atom is 1.00 e. The van der Waals surface area contributed by atoms with Gasteiger partial charge in [0.2, 0.25) is 0 Å². The third-order valence-electron chi connectivity index (χ3n) is 4.24. The minimum absolute atomic E-state index is 0. The van der Waals surface area contributed by atoms with Gasteiger partial charge >= 0.3 is 91.7 Å². The normalized spacial score (nSPS) is 9.50. The Morgan fingerprint density at radius 2 is 1.43 bits per heavy atom. The number of hydrogen-bond acceptors (Lipinski definition) is 8. The van der Waals surface area contributed by atoms with Crippen LogP contribution in [0, 0.1) is 6.92 Å². The number of alkyl halides is 3. The van der Waals surface area contributed by atoms with Gasteiger partial charge in [0.15, 0.2) is 0 Å². The number of halogens is 7. The van der Waals surface area contributed by atoms with Crippen molar-refractivity contribution in [3.63, 3.8) is 0 Å². The Hall–Kier alpha value is 0.870. The molecule has 42 heavy (non-hydrogen) atoms. The van der Waals surface area contributed by atoms with Crippen LogP contribution in [0.4, 0.5) is 18.0 Å². The molecule has 16 heteroatoms. The first-order valence-electron chi connectivity index (χ1n) is 11.6. The topological polar surface area (TPSA) is 102 Å². The summed E-state index contributed by atoms with van der Waals surface area (Å²) in [6.45, 7) is 7.75. The molecule has 0 saturated carbocycles. The van der Waals surface area contributed by atoms with Crippen LogP contribution in [0.3, 0.4) is 0 Å². The fourth-order valence-electron chi connectivity index (χ4n) is 2.68. The fraction of sp³-hybridized carbons (Fsp3) is 0.423. The van der Waals surface area contributed by atoms with E-state index in [0.717, 1.165) is 18.2 Å². The molecule has 0 N–H and O–H groups in total. The zero-order valence-corrected chi connectivity index (χ0v) is 35.6. The van der Waals surface area contributed by atoms with Gasteiger partial charge in [-0.2, -0.15) is 20.3 Å². The van der Waals surface area contributed by atoms with Crippen molar-refractivity contribution in [2.75, 3.05) is 20.3 Å². The summed E-state index contributed by atoms with van der Waals surface area (Å²) < 4.78 is 51.6. The van der Waals surface area contributed by atoms with Crippen LogP contribution in [0.15, 0.2) is 47.4 Å². The Labute approximate surface area is 318 Å². The van der Waals surface area contributed by atoms with Crippen LogP contribution < -0.4 is 52.7 Å². The smallest absolute Gasteiger partial charge is 1.00 e. The Bertz CT molecular complexity index is 1010. The van der Waals surface area contributed by atoms with Crippen molar-refractivity contribution in [2.24, 2.45) is 0 Å². The number of rotatable bonds is 10. The molecule has 0 unspecified atom stereocenters. The van der Waals surface area contributed by atoms with E-state index >= 15 is 0 Å². The van der Waals surface area contributed by atoms with Crippen molar-refractivity contribution < 1.29 is 89.7 Å². The van der Waals surface area contributed by atoms with Gasteiger partial charge in [-0.05, 0) is 74.0 Å². The van der Waals surface area contributed by atoms with Crippen molar-refractivity contribution >= 4 is 90.7 Å². The molecule has 2 rings (SSSR count). The molecule has 7 nitrogen and oxygen atoms in total. The molecule has 0 fully saturated rings. The molecule has 2 aromatic rings. The van der Waals surface area contributed by atoms with Crippen LogP contribution >= 0.6 is 73.0 Å². The maximum Gasteiger partial charge on any atom is 1.00 e. The summed E-state index contributed by atoms with van der Waals surface area (Å²) in [7, 11) is 0.750. The van der Waals surface area contributed by atoms with Crippen LogP contribution in [0.1, 0.15) is 44.7 Å². The number of hydrogen-bond donors (Lipinski definition) is 0. The summed E-state index contributed by atoms with van der Waals surface area (Å²) in [6, 6.07) is 10.9. The molecule has 0 spiro atoms. The molecule has 0 aliphatic heterocycles. The predicted octanol–water partition coefficient (Wildman–Crippen LogP) is 2.43. The SMILES string of the molecule is CCC(=O)CC(=O)Cc1ccc(Oc2ccc(SC(F)(F)F)cc2)c(C)c1.CCOC(=O)OCC.C[O-].I.I[I-]I.[Na+]. The Morgan fingerprint density at radius 3 is 1.83 bits per heavy atom. The molecule has 2 aromatic carbocycles. The van der Waals surface area contributed by atoms with Crippen LogP contribution in [0.5, 0.6) is 11.5 Å². The number of carbonyl (C=O) groups is 3. The number of Topliss-reactive ketones (excluding diaryl/α,β-unsaturated/α-hetero) is 2. The number of ether oxygens (including phenoxy) is 3. The molecule has 236 valence electrons. The molecule has 0 heterocycles. The summed E-state index contributed by atoms with van der Waals surface area (Å²) in [5.74, 6) is 0.755. The number of thioether (sulfide) groups is 1. The van der Waals surface area contributed by atoms with Gasteiger partial charge in [-0.25, -0.2) is 4.79 Å². The minimum atomic E-state index is -4.33. The molecule has 0 amide bonds. The molecule has 0 bridgehead atoms. The monoisotopic (exact) mass is 1080 g/mol. The van der Waals surface area contributed by atoms with Gasteiger partial charge in [0, 0.05) is 17.7 Å². The summed E-state index contributed by atoms with van der Waals surface area (Å²) in [6.07, 6.45) is -0.126. The fourth-order valence-corrected chi connectivity index (χ4v) is 3.22. The number of carbonyl (C=O) groups excluding carboxylic acids is 3. The molecule has 0 radical (unpaired) electrons. The zero-order chi connectivity index (χ0) is 31.1. The molecule has 0 atom stereocenters. The molecular weight excluding hydrogens is 1040 g/mol. The standard InChI is InChI=1S/C20H19F3O3S.C5H10O3.CH3O.I3.HI.Na/c1-3-15(24)12-16(25)11-14-4-9-19(13(2)10-14)26-17-5-7-18(8-6-17)27-20(21,22)23;1-3-7-5(6)8-4-2;1-2;1-3-2;;/h4-10H,3,11-12H2,1-2H3;3-4H2,1-2H3;1H3;;1H;/q;;2*-1;;+1. The third-order valence-corrected chi connectivity index (χ3v) is 4.98. The van der Waals surface area contributed by atoms with E-state index in [1.165, 1.54) is 24.3 Å². The van der Waals surface area contributed by atoms with Gasteiger partial charge in [-0.1, -0.05) is 19.1 Å². The van der Waals surface area contributed by atoms with Crippen LogP contribution in [0.2, 0.25) is 0 Å². The summed E-state index contributed by atoms with van der Waals surface area (Å²) in [4.78, 5) is 33.5. The van der Waals surface area contributed by atoms with Crippen molar-refractivity contribution in [3.05, 3.63) is 53.6 Å². The quantitative estimate of drug-likeness (QED) is 0.118. The second-order valence-electron chi connectivity index (χ2n) is 7.18. The molecule has 0 aromatic heterocycles. The van der Waals surface area contributed by atoms with E-state index in [-0.39, 0.29) is 94.6 Å². The second kappa shape index (κ2) is 30.5. The first-order chi connectivity index (χ1) is 18.9. The van der Waals surface area contributed by atoms with Crippen LogP contribution in [-0.2, 0) is 25.5 Å². The average molecular weight is 1080 g/mol. The first-order valence-corrected chi connectivity index (χ1v) is 25.0. The van der Waals surface area contributed by atoms with Crippen molar-refractivity contribution in [1.82, 2.24) is 0 Å². The van der Waals surface area contributed by atoms with Gasteiger partial charge in [0.1, 0.15) is 23.1 Å². The third kappa shape index (κ3) is 27.2. The number of ketones is 2.